The monoisotopic (exact) mass is 458 g/mol. The van der Waals surface area contributed by atoms with Gasteiger partial charge in [-0.25, -0.2) is 4.21 Å². The molecule has 2 aromatic rings. The van der Waals surface area contributed by atoms with E-state index in [2.05, 4.69) is 0 Å². The van der Waals surface area contributed by atoms with Crippen LogP contribution >= 0.6 is 0 Å². The number of carboxylic acids is 1. The summed E-state index contributed by atoms with van der Waals surface area (Å²) >= 11 is 0. The molecule has 2 unspecified atom stereocenters. The van der Waals surface area contributed by atoms with E-state index in [0.29, 0.717) is 5.56 Å². The van der Waals surface area contributed by atoms with Crippen molar-refractivity contribution < 1.29 is 32.4 Å². The molecule has 5 N–H and O–H groups in total. The van der Waals surface area contributed by atoms with Gasteiger partial charge in [-0.3, -0.25) is 9.57 Å². The first kappa shape index (κ1) is 24.8. The van der Waals surface area contributed by atoms with Crippen LogP contribution in [-0.2, 0) is 20.1 Å². The normalized spacial score (nSPS) is 16.8. The molecule has 0 aliphatic heterocycles. The molecule has 0 aromatic heterocycles. The second-order valence-electron chi connectivity index (χ2n) is 7.45. The number of nitrogens with one attached hydrogen (secondary N) is 1. The van der Waals surface area contributed by atoms with Crippen LogP contribution in [0.4, 0.5) is 13.2 Å². The molecule has 3 atom stereocenters. The van der Waals surface area contributed by atoms with E-state index in [9.17, 15) is 27.3 Å². The van der Waals surface area contributed by atoms with Crippen molar-refractivity contribution in [1.29, 1.82) is 4.78 Å². The van der Waals surface area contributed by atoms with E-state index in [1.165, 1.54) is 24.3 Å². The van der Waals surface area contributed by atoms with E-state index in [1.54, 1.807) is 0 Å². The predicted octanol–water partition coefficient (Wildman–Crippen LogP) is 3.65. The zero-order chi connectivity index (χ0) is 23.4. The minimum absolute atomic E-state index is 0.312. The highest BCUT2D eigenvalue weighted by atomic mass is 32.2. The Balaban J connectivity index is 2.24. The van der Waals surface area contributed by atoms with Gasteiger partial charge >= 0.3 is 12.1 Å². The lowest BCUT2D eigenvalue weighted by Gasteiger charge is -2.31. The number of rotatable bonds is 9. The fraction of sp³-hybridized carbons (Fsp3) is 0.381. The molecule has 0 spiro atoms. The number of carboxylic acid groups (broad SMARTS) is 1. The average Bonchev–Trinajstić information content (AvgIpc) is 2.70. The molecule has 0 saturated heterocycles. The van der Waals surface area contributed by atoms with Gasteiger partial charge in [0, 0.05) is 27.7 Å². The number of halogens is 3. The Kier molecular flexibility index (Phi) is 7.51. The highest BCUT2D eigenvalue weighted by Gasteiger charge is 2.54. The molecule has 0 fully saturated rings. The maximum atomic E-state index is 13.8. The third-order valence-electron chi connectivity index (χ3n) is 5.16. The van der Waals surface area contributed by atoms with Crippen molar-refractivity contribution in [2.24, 2.45) is 5.73 Å². The van der Waals surface area contributed by atoms with Crippen molar-refractivity contribution in [2.45, 2.75) is 37.6 Å². The van der Waals surface area contributed by atoms with Gasteiger partial charge in [0.25, 0.3) is 0 Å². The Morgan fingerprint density at radius 3 is 2.23 bits per heavy atom. The molecule has 0 aliphatic carbocycles. The minimum atomic E-state index is -5.07. The van der Waals surface area contributed by atoms with Crippen LogP contribution in [0.25, 0.3) is 11.1 Å². The van der Waals surface area contributed by atoms with Crippen molar-refractivity contribution in [3.63, 3.8) is 0 Å². The second kappa shape index (κ2) is 9.37. The molecule has 0 radical (unpaired) electrons. The number of carbonyl (C=O) groups is 1. The number of benzene rings is 2. The van der Waals surface area contributed by atoms with E-state index in [0.717, 1.165) is 11.1 Å². The lowest BCUT2D eigenvalue weighted by atomic mass is 9.88. The highest BCUT2D eigenvalue weighted by molar-refractivity contribution is 7.92. The summed E-state index contributed by atoms with van der Waals surface area (Å²) < 4.78 is 61.4. The number of aryl methyl sites for hydroxylation is 1. The van der Waals surface area contributed by atoms with E-state index in [1.807, 2.05) is 31.2 Å². The van der Waals surface area contributed by atoms with Gasteiger partial charge in [0.15, 0.2) is 5.60 Å². The maximum absolute atomic E-state index is 13.8. The third-order valence-corrected chi connectivity index (χ3v) is 6.92. The number of aliphatic hydroxyl groups is 1. The van der Waals surface area contributed by atoms with Crippen molar-refractivity contribution in [2.75, 3.05) is 11.5 Å². The summed E-state index contributed by atoms with van der Waals surface area (Å²) in [6, 6.07) is 11.3. The van der Waals surface area contributed by atoms with Gasteiger partial charge in [-0.1, -0.05) is 48.5 Å². The van der Waals surface area contributed by atoms with Gasteiger partial charge in [0.1, 0.15) is 6.04 Å². The second-order valence-corrected chi connectivity index (χ2v) is 9.89. The lowest BCUT2D eigenvalue weighted by molar-refractivity contribution is -0.267. The molecule has 6 nitrogen and oxygen atoms in total. The van der Waals surface area contributed by atoms with Crippen LogP contribution in [0.1, 0.15) is 24.0 Å². The zero-order valence-electron chi connectivity index (χ0n) is 16.9. The molecule has 31 heavy (non-hydrogen) atoms. The molecule has 0 saturated carbocycles. The molecular weight excluding hydrogens is 433 g/mol. The lowest BCUT2D eigenvalue weighted by Crippen LogP contribution is -2.44. The first-order valence-corrected chi connectivity index (χ1v) is 11.3. The van der Waals surface area contributed by atoms with Crippen molar-refractivity contribution in [3.8, 4) is 11.1 Å². The Morgan fingerprint density at radius 2 is 1.71 bits per heavy atom. The average molecular weight is 459 g/mol. The van der Waals surface area contributed by atoms with Crippen LogP contribution in [0.15, 0.2) is 48.5 Å². The number of hydrogen-bond donors (Lipinski definition) is 4. The molecule has 2 rings (SSSR count). The molecule has 170 valence electrons. The smallest absolute Gasteiger partial charge is 0.421 e. The Labute approximate surface area is 178 Å². The standard InChI is InChI=1S/C21H25F3N2O4S/c1-14-4-2-3-5-17(14)15-6-8-16(9-7-15)20(29,21(22,23)24)11-13-31(26,30)12-10-18(25)19(27)28/h2-9,18,26,29H,10-13,25H2,1H3,(H,27,28)/t18-,20?,31?/m0/s1. The van der Waals surface area contributed by atoms with E-state index in [-0.39, 0.29) is 6.42 Å². The van der Waals surface area contributed by atoms with Crippen LogP contribution in [0, 0.1) is 11.7 Å². The van der Waals surface area contributed by atoms with Crippen LogP contribution in [0.3, 0.4) is 0 Å². The molecular formula is C21H25F3N2O4S. The number of aliphatic carboxylic acids is 1. The summed E-state index contributed by atoms with van der Waals surface area (Å²) in [7, 11) is -3.57. The SMILES string of the molecule is Cc1ccccc1-c1ccc(C(O)(CCS(=N)(=O)CC[C@H](N)C(=O)O)C(F)(F)F)cc1. The summed E-state index contributed by atoms with van der Waals surface area (Å²) in [5, 5.41) is 19.3. The molecule has 0 aliphatic rings. The topological polar surface area (TPSA) is 124 Å². The van der Waals surface area contributed by atoms with E-state index < -0.39 is 57.0 Å². The Hall–Kier alpha value is -2.43. The third kappa shape index (κ3) is 6.05. The zero-order valence-corrected chi connectivity index (χ0v) is 17.7. The number of hydrogen-bond acceptors (Lipinski definition) is 5. The van der Waals surface area contributed by atoms with Gasteiger partial charge in [0.2, 0.25) is 0 Å². The number of alkyl halides is 3. The fourth-order valence-electron chi connectivity index (χ4n) is 3.13. The highest BCUT2D eigenvalue weighted by Crippen LogP contribution is 2.42. The predicted molar refractivity (Wildman–Crippen MR) is 112 cm³/mol. The summed E-state index contributed by atoms with van der Waals surface area (Å²) in [5.74, 6) is -2.58. The van der Waals surface area contributed by atoms with Crippen molar-refractivity contribution in [3.05, 3.63) is 59.7 Å². The molecule has 0 amide bonds. The summed E-state index contributed by atoms with van der Waals surface area (Å²) in [4.78, 5) is 10.7. The Bertz CT molecular complexity index is 1020. The fourth-order valence-corrected chi connectivity index (χ4v) is 4.59. The Morgan fingerprint density at radius 1 is 1.13 bits per heavy atom. The summed E-state index contributed by atoms with van der Waals surface area (Å²) in [5.41, 5.74) is 4.04. The van der Waals surface area contributed by atoms with Gasteiger partial charge < -0.3 is 15.9 Å². The van der Waals surface area contributed by atoms with Gasteiger partial charge in [0.05, 0.1) is 0 Å². The van der Waals surface area contributed by atoms with Crippen LogP contribution in [0.2, 0.25) is 0 Å². The quantitative estimate of drug-likeness (QED) is 0.457. The van der Waals surface area contributed by atoms with Crippen molar-refractivity contribution in [1.82, 2.24) is 0 Å². The van der Waals surface area contributed by atoms with E-state index in [4.69, 9.17) is 15.6 Å². The first-order valence-electron chi connectivity index (χ1n) is 9.45. The minimum Gasteiger partial charge on any atom is -0.480 e. The van der Waals surface area contributed by atoms with Gasteiger partial charge in [-0.2, -0.15) is 13.2 Å². The molecule has 0 bridgehead atoms. The van der Waals surface area contributed by atoms with Crippen LogP contribution in [0.5, 0.6) is 0 Å². The summed E-state index contributed by atoms with van der Waals surface area (Å²) in [6.07, 6.45) is -6.37. The van der Waals surface area contributed by atoms with Gasteiger partial charge in [-0.05, 0) is 35.6 Å². The maximum Gasteiger partial charge on any atom is 0.421 e. The van der Waals surface area contributed by atoms with Gasteiger partial charge in [-0.15, -0.1) is 0 Å². The molecule has 2 aromatic carbocycles. The first-order chi connectivity index (χ1) is 14.3. The van der Waals surface area contributed by atoms with Crippen LogP contribution in [-0.4, -0.2) is 44.1 Å². The molecule has 0 heterocycles. The van der Waals surface area contributed by atoms with E-state index >= 15 is 0 Å². The van der Waals surface area contributed by atoms with Crippen LogP contribution < -0.4 is 5.73 Å². The van der Waals surface area contributed by atoms with Crippen molar-refractivity contribution >= 4 is 15.7 Å². The largest absolute Gasteiger partial charge is 0.480 e. The summed E-state index contributed by atoms with van der Waals surface area (Å²) in [6.45, 7) is 1.87. The molecule has 10 heteroatoms. The number of nitrogens with two attached hydrogens (primary N) is 1.